The number of para-hydroxylation sites is 1. The van der Waals surface area contributed by atoms with Crippen LogP contribution in [0.25, 0.3) is 61.0 Å². The minimum Gasteiger partial charge on any atom is -0.456 e. The average Bonchev–Trinajstić information content (AvgIpc) is 3.60. The van der Waals surface area contributed by atoms with Crippen molar-refractivity contribution in [1.29, 1.82) is 0 Å². The Kier molecular flexibility index (Phi) is 7.21. The normalized spacial score (nSPS) is 16.8. The van der Waals surface area contributed by atoms with E-state index in [1.54, 1.807) is 0 Å². The number of fused-ring (bicyclic) bond motifs is 5. The van der Waals surface area contributed by atoms with Crippen LogP contribution in [0.15, 0.2) is 172 Å². The number of allylic oxidation sites excluding steroid dienone is 1. The van der Waals surface area contributed by atoms with Gasteiger partial charge in [-0.15, -0.1) is 0 Å². The number of aliphatic imine (C=N–C) groups is 2. The number of furan rings is 1. The molecule has 2 aliphatic rings. The SMILES string of the molecule is CC1CC=Cc2c(C3=NC(c4cccc(-c5ccccc5)c4)N=C(c4ccc5ccccc5c4)N3)ccc(-c3cccc4oc5ccccc5c34)c21. The monoisotopic (exact) mass is 669 g/mol. The molecule has 2 unspecified atom stereocenters. The highest BCUT2D eigenvalue weighted by atomic mass is 16.3. The lowest BCUT2D eigenvalue weighted by Crippen LogP contribution is -2.36. The summed E-state index contributed by atoms with van der Waals surface area (Å²) in [5.41, 5.74) is 12.2. The smallest absolute Gasteiger partial charge is 0.169 e. The molecule has 1 aliphatic heterocycles. The maximum atomic E-state index is 6.32. The average molecular weight is 670 g/mol. The zero-order valence-electron chi connectivity index (χ0n) is 28.8. The lowest BCUT2D eigenvalue weighted by molar-refractivity contribution is 0.669. The van der Waals surface area contributed by atoms with E-state index in [4.69, 9.17) is 14.4 Å². The molecule has 0 saturated heterocycles. The summed E-state index contributed by atoms with van der Waals surface area (Å²) >= 11 is 0. The molecule has 4 heteroatoms. The topological polar surface area (TPSA) is 49.9 Å². The Labute approximate surface area is 302 Å². The molecule has 0 spiro atoms. The van der Waals surface area contributed by atoms with Crippen molar-refractivity contribution in [2.75, 3.05) is 0 Å². The van der Waals surface area contributed by atoms with Crippen LogP contribution in [-0.4, -0.2) is 11.7 Å². The van der Waals surface area contributed by atoms with Gasteiger partial charge in [-0.25, -0.2) is 9.98 Å². The molecule has 248 valence electrons. The molecule has 52 heavy (non-hydrogen) atoms. The Morgan fingerprint density at radius 1 is 0.577 bits per heavy atom. The molecule has 7 aromatic carbocycles. The van der Waals surface area contributed by atoms with Gasteiger partial charge in [0.1, 0.15) is 22.8 Å². The zero-order valence-corrected chi connectivity index (χ0v) is 28.8. The van der Waals surface area contributed by atoms with Gasteiger partial charge in [0.15, 0.2) is 6.17 Å². The lowest BCUT2D eigenvalue weighted by atomic mass is 9.80. The van der Waals surface area contributed by atoms with Gasteiger partial charge in [-0.05, 0) is 86.3 Å². The minimum absolute atomic E-state index is 0.319. The third-order valence-electron chi connectivity index (χ3n) is 10.6. The van der Waals surface area contributed by atoms with E-state index in [1.807, 2.05) is 6.07 Å². The van der Waals surface area contributed by atoms with E-state index < -0.39 is 6.17 Å². The van der Waals surface area contributed by atoms with Crippen molar-refractivity contribution in [3.8, 4) is 22.3 Å². The number of amidine groups is 2. The molecule has 0 radical (unpaired) electrons. The first-order valence-corrected chi connectivity index (χ1v) is 18.0. The largest absolute Gasteiger partial charge is 0.456 e. The Hall–Kier alpha value is -6.52. The van der Waals surface area contributed by atoms with E-state index >= 15 is 0 Å². The van der Waals surface area contributed by atoms with Crippen LogP contribution in [-0.2, 0) is 0 Å². The number of nitrogens with zero attached hydrogens (tertiary/aromatic N) is 2. The standard InChI is InChI=1S/C48H35N3O/c1-30-12-9-20-38-40(27-26-39(44(30)38)37-21-11-23-43-45(37)41-19-7-8-22-42(41)52-43)48-50-46(35-18-10-17-34(28-35)31-13-3-2-4-14-31)49-47(51-48)36-25-24-32-15-5-6-16-33(32)29-36/h2-11,13-30,46H,12H2,1H3,(H,49,50,51). The van der Waals surface area contributed by atoms with Crippen LogP contribution in [0.3, 0.4) is 0 Å². The van der Waals surface area contributed by atoms with Crippen molar-refractivity contribution < 1.29 is 4.42 Å². The summed E-state index contributed by atoms with van der Waals surface area (Å²) in [6, 6.07) is 53.4. The molecule has 2 heterocycles. The van der Waals surface area contributed by atoms with Gasteiger partial charge in [0.05, 0.1) is 0 Å². The summed E-state index contributed by atoms with van der Waals surface area (Å²) in [5.74, 6) is 1.95. The molecule has 0 bridgehead atoms. The fraction of sp³-hybridized carbons (Fsp3) is 0.0833. The molecule has 0 saturated carbocycles. The van der Waals surface area contributed by atoms with Crippen LogP contribution in [0.1, 0.15) is 53.2 Å². The van der Waals surface area contributed by atoms with E-state index in [1.165, 1.54) is 38.6 Å². The van der Waals surface area contributed by atoms with E-state index in [0.717, 1.165) is 62.3 Å². The van der Waals surface area contributed by atoms with Gasteiger partial charge in [-0.2, -0.15) is 0 Å². The van der Waals surface area contributed by atoms with Crippen molar-refractivity contribution in [2.45, 2.75) is 25.4 Å². The quantitative estimate of drug-likeness (QED) is 0.198. The van der Waals surface area contributed by atoms with E-state index in [-0.39, 0.29) is 0 Å². The molecule has 10 rings (SSSR count). The van der Waals surface area contributed by atoms with Crippen LogP contribution in [0.5, 0.6) is 0 Å². The van der Waals surface area contributed by atoms with Crippen LogP contribution in [0, 0.1) is 0 Å². The van der Waals surface area contributed by atoms with Gasteiger partial charge < -0.3 is 9.73 Å². The zero-order chi connectivity index (χ0) is 34.6. The van der Waals surface area contributed by atoms with Crippen molar-refractivity contribution in [3.63, 3.8) is 0 Å². The first kappa shape index (κ1) is 30.3. The van der Waals surface area contributed by atoms with Crippen LogP contribution in [0.4, 0.5) is 0 Å². The second-order valence-electron chi connectivity index (χ2n) is 13.8. The lowest BCUT2D eigenvalue weighted by Gasteiger charge is -2.28. The van der Waals surface area contributed by atoms with Crippen molar-refractivity contribution in [3.05, 3.63) is 186 Å². The highest BCUT2D eigenvalue weighted by Crippen LogP contribution is 2.44. The Balaban J connectivity index is 1.15. The summed E-state index contributed by atoms with van der Waals surface area (Å²) < 4.78 is 6.32. The number of benzene rings is 7. The maximum absolute atomic E-state index is 6.32. The van der Waals surface area contributed by atoms with Crippen LogP contribution in [0.2, 0.25) is 0 Å². The summed E-state index contributed by atoms with van der Waals surface area (Å²) in [6.45, 7) is 2.33. The number of hydrogen-bond acceptors (Lipinski definition) is 4. The molecule has 2 atom stereocenters. The van der Waals surface area contributed by atoms with Gasteiger partial charge in [0, 0.05) is 21.9 Å². The summed E-state index contributed by atoms with van der Waals surface area (Å²) in [7, 11) is 0. The Morgan fingerprint density at radius 3 is 2.25 bits per heavy atom. The fourth-order valence-corrected chi connectivity index (χ4v) is 8.02. The number of hydrogen-bond donors (Lipinski definition) is 1. The molecule has 1 aromatic heterocycles. The molecule has 1 aliphatic carbocycles. The van der Waals surface area contributed by atoms with E-state index in [2.05, 4.69) is 170 Å². The number of nitrogens with one attached hydrogen (secondary N) is 1. The van der Waals surface area contributed by atoms with Gasteiger partial charge in [-0.3, -0.25) is 0 Å². The molecule has 1 N–H and O–H groups in total. The molecule has 8 aromatic rings. The summed E-state index contributed by atoms with van der Waals surface area (Å²) in [4.78, 5) is 10.7. The predicted octanol–water partition coefficient (Wildman–Crippen LogP) is 12.1. The molecule has 0 fully saturated rings. The highest BCUT2D eigenvalue weighted by molar-refractivity contribution is 6.18. The predicted molar refractivity (Wildman–Crippen MR) is 216 cm³/mol. The summed E-state index contributed by atoms with van der Waals surface area (Å²) in [5, 5.41) is 8.40. The molecule has 4 nitrogen and oxygen atoms in total. The molecular formula is C48H35N3O. The second-order valence-corrected chi connectivity index (χ2v) is 13.8. The van der Waals surface area contributed by atoms with E-state index in [9.17, 15) is 0 Å². The van der Waals surface area contributed by atoms with Gasteiger partial charge in [-0.1, -0.05) is 146 Å². The minimum atomic E-state index is -0.423. The first-order valence-electron chi connectivity index (χ1n) is 18.0. The van der Waals surface area contributed by atoms with Gasteiger partial charge >= 0.3 is 0 Å². The van der Waals surface area contributed by atoms with Gasteiger partial charge in [0.25, 0.3) is 0 Å². The van der Waals surface area contributed by atoms with E-state index in [0.29, 0.717) is 5.92 Å². The molecular weight excluding hydrogens is 635 g/mol. The maximum Gasteiger partial charge on any atom is 0.169 e. The van der Waals surface area contributed by atoms with Crippen molar-refractivity contribution in [1.82, 2.24) is 5.32 Å². The third-order valence-corrected chi connectivity index (χ3v) is 10.6. The van der Waals surface area contributed by atoms with Crippen molar-refractivity contribution >= 4 is 50.5 Å². The summed E-state index contributed by atoms with van der Waals surface area (Å²) in [6.07, 6.45) is 5.15. The van der Waals surface area contributed by atoms with Crippen LogP contribution >= 0.6 is 0 Å². The third kappa shape index (κ3) is 5.15. The molecule has 0 amide bonds. The fourth-order valence-electron chi connectivity index (χ4n) is 8.02. The highest BCUT2D eigenvalue weighted by Gasteiger charge is 2.27. The Morgan fingerprint density at radius 2 is 1.33 bits per heavy atom. The number of rotatable bonds is 5. The first-order chi connectivity index (χ1) is 25.7. The van der Waals surface area contributed by atoms with Crippen molar-refractivity contribution in [2.24, 2.45) is 9.98 Å². The second kappa shape index (κ2) is 12.4. The van der Waals surface area contributed by atoms with Gasteiger partial charge in [0.2, 0.25) is 0 Å². The Bertz CT molecular complexity index is 2770. The van der Waals surface area contributed by atoms with Crippen LogP contribution < -0.4 is 5.32 Å².